The Kier molecular flexibility index (Phi) is 4.26. The van der Waals surface area contributed by atoms with Crippen molar-refractivity contribution in [2.75, 3.05) is 7.11 Å². The highest BCUT2D eigenvalue weighted by Gasteiger charge is 2.36. The fourth-order valence-corrected chi connectivity index (χ4v) is 3.74. The summed E-state index contributed by atoms with van der Waals surface area (Å²) in [6.07, 6.45) is 3.55. The Morgan fingerprint density at radius 2 is 1.71 bits per heavy atom. The number of ether oxygens (including phenoxy) is 1. The largest absolute Gasteiger partial charge is 0.508 e. The van der Waals surface area contributed by atoms with Crippen LogP contribution in [0.2, 0.25) is 0 Å². The molecule has 0 bridgehead atoms. The Morgan fingerprint density at radius 3 is 2.43 bits per heavy atom. The molecule has 3 atom stereocenters. The standard InChI is InChI=1S/C19H22O2/c1-21-19(14-8-3-2-4-9-14)17-12-7-11-15(17)16-10-5-6-13-18(16)20/h2-6,8-10,13,15,17,19-20H,7,11-12H2,1H3/t15-,17+,19?/m1/s1. The zero-order valence-electron chi connectivity index (χ0n) is 12.4. The van der Waals surface area contributed by atoms with Crippen LogP contribution < -0.4 is 0 Å². The quantitative estimate of drug-likeness (QED) is 0.883. The monoisotopic (exact) mass is 282 g/mol. The van der Waals surface area contributed by atoms with Gasteiger partial charge in [-0.3, -0.25) is 0 Å². The summed E-state index contributed by atoms with van der Waals surface area (Å²) in [6.45, 7) is 0. The summed E-state index contributed by atoms with van der Waals surface area (Å²) in [6, 6.07) is 18.2. The van der Waals surface area contributed by atoms with Crippen LogP contribution in [-0.4, -0.2) is 12.2 Å². The van der Waals surface area contributed by atoms with E-state index in [1.54, 1.807) is 13.2 Å². The number of para-hydroxylation sites is 1. The van der Waals surface area contributed by atoms with Gasteiger partial charge in [-0.25, -0.2) is 0 Å². The number of phenolic OH excluding ortho intramolecular Hbond substituents is 1. The first-order chi connectivity index (χ1) is 10.3. The van der Waals surface area contributed by atoms with Gasteiger partial charge in [-0.15, -0.1) is 0 Å². The van der Waals surface area contributed by atoms with Gasteiger partial charge in [-0.2, -0.15) is 0 Å². The van der Waals surface area contributed by atoms with Gasteiger partial charge >= 0.3 is 0 Å². The molecule has 1 aliphatic rings. The molecule has 2 aromatic carbocycles. The molecule has 0 aromatic heterocycles. The predicted molar refractivity (Wildman–Crippen MR) is 84.4 cm³/mol. The molecule has 0 spiro atoms. The van der Waals surface area contributed by atoms with Crippen LogP contribution in [0, 0.1) is 5.92 Å². The first-order valence-electron chi connectivity index (χ1n) is 7.67. The number of aromatic hydroxyl groups is 1. The van der Waals surface area contributed by atoms with Crippen molar-refractivity contribution in [3.63, 3.8) is 0 Å². The minimum Gasteiger partial charge on any atom is -0.508 e. The van der Waals surface area contributed by atoms with E-state index in [1.807, 2.05) is 18.2 Å². The molecule has 2 nitrogen and oxygen atoms in total. The van der Waals surface area contributed by atoms with E-state index in [-0.39, 0.29) is 6.10 Å². The summed E-state index contributed by atoms with van der Waals surface area (Å²) >= 11 is 0. The minimum absolute atomic E-state index is 0.0957. The van der Waals surface area contributed by atoms with E-state index in [0.29, 0.717) is 17.6 Å². The van der Waals surface area contributed by atoms with E-state index in [4.69, 9.17) is 4.74 Å². The van der Waals surface area contributed by atoms with Crippen molar-refractivity contribution < 1.29 is 9.84 Å². The van der Waals surface area contributed by atoms with Gasteiger partial charge in [0.15, 0.2) is 0 Å². The highest BCUT2D eigenvalue weighted by Crippen LogP contribution is 2.49. The van der Waals surface area contributed by atoms with Crippen LogP contribution in [0.15, 0.2) is 54.6 Å². The highest BCUT2D eigenvalue weighted by atomic mass is 16.5. The number of hydrogen-bond acceptors (Lipinski definition) is 2. The third-order valence-electron chi connectivity index (χ3n) is 4.68. The van der Waals surface area contributed by atoms with Crippen molar-refractivity contribution >= 4 is 0 Å². The van der Waals surface area contributed by atoms with Gasteiger partial charge in [0.1, 0.15) is 5.75 Å². The summed E-state index contributed by atoms with van der Waals surface area (Å²) in [5.41, 5.74) is 2.30. The van der Waals surface area contributed by atoms with Crippen molar-refractivity contribution in [1.82, 2.24) is 0 Å². The second-order valence-electron chi connectivity index (χ2n) is 5.83. The zero-order chi connectivity index (χ0) is 14.7. The van der Waals surface area contributed by atoms with Gasteiger partial charge in [0.2, 0.25) is 0 Å². The average molecular weight is 282 g/mol. The van der Waals surface area contributed by atoms with Gasteiger partial charge in [-0.1, -0.05) is 55.0 Å². The molecule has 3 rings (SSSR count). The summed E-state index contributed by atoms with van der Waals surface area (Å²) in [5, 5.41) is 10.2. The molecule has 1 N–H and O–H groups in total. The van der Waals surface area contributed by atoms with Gasteiger partial charge in [0, 0.05) is 7.11 Å². The molecule has 1 aliphatic carbocycles. The molecule has 0 radical (unpaired) electrons. The maximum atomic E-state index is 10.2. The van der Waals surface area contributed by atoms with E-state index in [2.05, 4.69) is 30.3 Å². The van der Waals surface area contributed by atoms with E-state index in [1.165, 1.54) is 12.0 Å². The Bertz CT molecular complexity index is 579. The summed E-state index contributed by atoms with van der Waals surface area (Å²) in [4.78, 5) is 0. The molecule has 0 aliphatic heterocycles. The predicted octanol–water partition coefficient (Wildman–Crippen LogP) is 4.66. The van der Waals surface area contributed by atoms with Crippen molar-refractivity contribution in [3.05, 3.63) is 65.7 Å². The van der Waals surface area contributed by atoms with Crippen LogP contribution in [0.25, 0.3) is 0 Å². The molecular weight excluding hydrogens is 260 g/mol. The zero-order valence-corrected chi connectivity index (χ0v) is 12.4. The minimum atomic E-state index is 0.0957. The highest BCUT2D eigenvalue weighted by molar-refractivity contribution is 5.36. The average Bonchev–Trinajstić information content (AvgIpc) is 2.99. The number of rotatable bonds is 4. The van der Waals surface area contributed by atoms with Crippen molar-refractivity contribution in [2.24, 2.45) is 5.92 Å². The van der Waals surface area contributed by atoms with Crippen LogP contribution in [-0.2, 0) is 4.74 Å². The molecule has 0 amide bonds. The first-order valence-corrected chi connectivity index (χ1v) is 7.67. The normalized spacial score (nSPS) is 23.1. The van der Waals surface area contributed by atoms with Crippen molar-refractivity contribution in [1.29, 1.82) is 0 Å². The number of phenols is 1. The third kappa shape index (κ3) is 2.81. The van der Waals surface area contributed by atoms with E-state index in [0.717, 1.165) is 18.4 Å². The van der Waals surface area contributed by atoms with Crippen molar-refractivity contribution in [2.45, 2.75) is 31.3 Å². The molecule has 2 heteroatoms. The molecule has 1 fully saturated rings. The summed E-state index contributed by atoms with van der Waals surface area (Å²) in [5.74, 6) is 1.21. The smallest absolute Gasteiger partial charge is 0.119 e. The Balaban J connectivity index is 1.91. The van der Waals surface area contributed by atoms with Gasteiger partial charge in [0.25, 0.3) is 0 Å². The lowest BCUT2D eigenvalue weighted by Gasteiger charge is -2.28. The number of methoxy groups -OCH3 is 1. The summed E-state index contributed by atoms with van der Waals surface area (Å²) in [7, 11) is 1.79. The maximum Gasteiger partial charge on any atom is 0.119 e. The second-order valence-corrected chi connectivity index (χ2v) is 5.83. The van der Waals surface area contributed by atoms with Gasteiger partial charge in [0.05, 0.1) is 6.10 Å². The fraction of sp³-hybridized carbons (Fsp3) is 0.368. The summed E-state index contributed by atoms with van der Waals surface area (Å²) < 4.78 is 5.83. The van der Waals surface area contributed by atoms with Crippen molar-refractivity contribution in [3.8, 4) is 5.75 Å². The van der Waals surface area contributed by atoms with Crippen LogP contribution in [0.4, 0.5) is 0 Å². The Morgan fingerprint density at radius 1 is 1.00 bits per heavy atom. The molecular formula is C19H22O2. The van der Waals surface area contributed by atoms with E-state index in [9.17, 15) is 5.11 Å². The van der Waals surface area contributed by atoms with E-state index < -0.39 is 0 Å². The third-order valence-corrected chi connectivity index (χ3v) is 4.68. The van der Waals surface area contributed by atoms with Crippen LogP contribution in [0.3, 0.4) is 0 Å². The lowest BCUT2D eigenvalue weighted by Crippen LogP contribution is -2.18. The first kappa shape index (κ1) is 14.2. The lowest BCUT2D eigenvalue weighted by molar-refractivity contribution is 0.0465. The molecule has 0 saturated heterocycles. The van der Waals surface area contributed by atoms with Crippen LogP contribution in [0.1, 0.15) is 42.4 Å². The van der Waals surface area contributed by atoms with Crippen LogP contribution in [0.5, 0.6) is 5.75 Å². The Labute approximate surface area is 126 Å². The molecule has 110 valence electrons. The topological polar surface area (TPSA) is 29.5 Å². The molecule has 2 aromatic rings. The van der Waals surface area contributed by atoms with E-state index >= 15 is 0 Å². The molecule has 0 heterocycles. The molecule has 21 heavy (non-hydrogen) atoms. The number of hydrogen-bond donors (Lipinski definition) is 1. The van der Waals surface area contributed by atoms with Gasteiger partial charge < -0.3 is 9.84 Å². The Hall–Kier alpha value is -1.80. The fourth-order valence-electron chi connectivity index (χ4n) is 3.74. The SMILES string of the molecule is COC(c1ccccc1)[C@H]1CCC[C@@H]1c1ccccc1O. The molecule has 1 saturated carbocycles. The number of benzene rings is 2. The maximum absolute atomic E-state index is 10.2. The van der Waals surface area contributed by atoms with Crippen LogP contribution >= 0.6 is 0 Å². The molecule has 1 unspecified atom stereocenters. The lowest BCUT2D eigenvalue weighted by atomic mass is 9.82. The second kappa shape index (κ2) is 6.31. The van der Waals surface area contributed by atoms with Gasteiger partial charge in [-0.05, 0) is 41.9 Å².